The van der Waals surface area contributed by atoms with Gasteiger partial charge in [0, 0.05) is 12.2 Å². The highest BCUT2D eigenvalue weighted by atomic mass is 35.5. The maximum Gasteiger partial charge on any atom is 0.137 e. The average Bonchev–Trinajstić information content (AvgIpc) is 2.71. The van der Waals surface area contributed by atoms with Gasteiger partial charge in [0.25, 0.3) is 0 Å². The first kappa shape index (κ1) is 18.9. The summed E-state index contributed by atoms with van der Waals surface area (Å²) in [5, 5.41) is 3.93. The molecule has 3 aromatic carbocycles. The largest absolute Gasteiger partial charge is 0.495 e. The summed E-state index contributed by atoms with van der Waals surface area (Å²) in [7, 11) is 1.60. The van der Waals surface area contributed by atoms with Crippen LogP contribution in [-0.4, -0.2) is 20.3 Å². The van der Waals surface area contributed by atoms with Crippen molar-refractivity contribution in [1.29, 1.82) is 0 Å². The first-order valence-electron chi connectivity index (χ1n) is 8.71. The van der Waals surface area contributed by atoms with Crippen molar-refractivity contribution in [1.82, 2.24) is 0 Å². The summed E-state index contributed by atoms with van der Waals surface area (Å²) in [6, 6.07) is 23.3. The van der Waals surface area contributed by atoms with Crippen LogP contribution in [0.15, 0.2) is 72.8 Å². The fraction of sp³-hybridized carbons (Fsp3) is 0.182. The van der Waals surface area contributed by atoms with Crippen molar-refractivity contribution in [2.24, 2.45) is 0 Å². The number of hydrogen-bond donors (Lipinski definition) is 1. The molecule has 0 fully saturated rings. The quantitative estimate of drug-likeness (QED) is 0.501. The van der Waals surface area contributed by atoms with Crippen LogP contribution < -0.4 is 19.5 Å². The lowest BCUT2D eigenvalue weighted by Gasteiger charge is -2.11. The maximum absolute atomic E-state index is 6.14. The van der Waals surface area contributed by atoms with E-state index in [9.17, 15) is 0 Å². The summed E-state index contributed by atoms with van der Waals surface area (Å²) in [5.41, 5.74) is 2.09. The first-order chi connectivity index (χ1) is 13.2. The standard InChI is InChI=1S/C22H22ClNO3/c1-25-22-12-9-18(15-21(22)23)24-16-17-7-10-20(11-8-17)27-14-13-26-19-5-3-2-4-6-19/h2-12,15,24H,13-14,16H2,1H3. The van der Waals surface area contributed by atoms with Gasteiger partial charge in [0.15, 0.2) is 0 Å². The zero-order chi connectivity index (χ0) is 18.9. The molecule has 0 atom stereocenters. The number of para-hydroxylation sites is 1. The highest BCUT2D eigenvalue weighted by Crippen LogP contribution is 2.27. The minimum Gasteiger partial charge on any atom is -0.495 e. The third kappa shape index (κ3) is 5.83. The highest BCUT2D eigenvalue weighted by Gasteiger charge is 2.02. The van der Waals surface area contributed by atoms with E-state index in [0.717, 1.165) is 22.7 Å². The molecule has 0 aromatic heterocycles. The van der Waals surface area contributed by atoms with E-state index < -0.39 is 0 Å². The lowest BCUT2D eigenvalue weighted by atomic mass is 10.2. The highest BCUT2D eigenvalue weighted by molar-refractivity contribution is 6.32. The van der Waals surface area contributed by atoms with Crippen molar-refractivity contribution in [2.45, 2.75) is 6.54 Å². The monoisotopic (exact) mass is 383 g/mol. The third-order valence-corrected chi connectivity index (χ3v) is 4.23. The van der Waals surface area contributed by atoms with Crippen LogP contribution in [0.5, 0.6) is 17.2 Å². The van der Waals surface area contributed by atoms with Gasteiger partial charge in [0.05, 0.1) is 12.1 Å². The Morgan fingerprint density at radius 2 is 1.48 bits per heavy atom. The molecule has 0 spiro atoms. The molecule has 27 heavy (non-hydrogen) atoms. The van der Waals surface area contributed by atoms with Gasteiger partial charge in [0.2, 0.25) is 0 Å². The zero-order valence-corrected chi connectivity index (χ0v) is 15.9. The number of methoxy groups -OCH3 is 1. The Labute approximate surface area is 164 Å². The second-order valence-electron chi connectivity index (χ2n) is 5.86. The van der Waals surface area contributed by atoms with Gasteiger partial charge in [-0.2, -0.15) is 0 Å². The Hall–Kier alpha value is -2.85. The molecular weight excluding hydrogens is 362 g/mol. The molecule has 1 N–H and O–H groups in total. The van der Waals surface area contributed by atoms with Crippen LogP contribution in [0.2, 0.25) is 5.02 Å². The van der Waals surface area contributed by atoms with E-state index in [1.54, 1.807) is 7.11 Å². The van der Waals surface area contributed by atoms with Gasteiger partial charge in [-0.1, -0.05) is 41.9 Å². The molecule has 5 heteroatoms. The number of ether oxygens (including phenoxy) is 3. The van der Waals surface area contributed by atoms with Crippen molar-refractivity contribution >= 4 is 17.3 Å². The van der Waals surface area contributed by atoms with Crippen molar-refractivity contribution in [3.63, 3.8) is 0 Å². The van der Waals surface area contributed by atoms with E-state index in [2.05, 4.69) is 5.32 Å². The predicted molar refractivity (Wildman–Crippen MR) is 109 cm³/mol. The van der Waals surface area contributed by atoms with Crippen LogP contribution in [0.1, 0.15) is 5.56 Å². The molecule has 0 aliphatic carbocycles. The molecule has 0 amide bonds. The number of rotatable bonds is 9. The van der Waals surface area contributed by atoms with Gasteiger partial charge in [-0.25, -0.2) is 0 Å². The Morgan fingerprint density at radius 1 is 0.815 bits per heavy atom. The topological polar surface area (TPSA) is 39.7 Å². The number of benzene rings is 3. The number of halogens is 1. The van der Waals surface area contributed by atoms with Crippen LogP contribution >= 0.6 is 11.6 Å². The molecule has 0 aliphatic heterocycles. The van der Waals surface area contributed by atoms with Crippen LogP contribution in [0.25, 0.3) is 0 Å². The number of hydrogen-bond acceptors (Lipinski definition) is 4. The first-order valence-corrected chi connectivity index (χ1v) is 9.09. The van der Waals surface area contributed by atoms with Gasteiger partial charge in [-0.05, 0) is 48.0 Å². The summed E-state index contributed by atoms with van der Waals surface area (Å²) in [6.07, 6.45) is 0. The minimum absolute atomic E-state index is 0.497. The maximum atomic E-state index is 6.14. The summed E-state index contributed by atoms with van der Waals surface area (Å²) in [5.74, 6) is 2.34. The smallest absolute Gasteiger partial charge is 0.137 e. The second-order valence-corrected chi connectivity index (χ2v) is 6.26. The molecular formula is C22H22ClNO3. The van der Waals surface area contributed by atoms with Gasteiger partial charge < -0.3 is 19.5 Å². The second kappa shape index (κ2) is 9.74. The van der Waals surface area contributed by atoms with Crippen LogP contribution in [-0.2, 0) is 6.54 Å². The van der Waals surface area contributed by atoms with Gasteiger partial charge >= 0.3 is 0 Å². The van der Waals surface area contributed by atoms with Crippen LogP contribution in [0, 0.1) is 0 Å². The minimum atomic E-state index is 0.497. The summed E-state index contributed by atoms with van der Waals surface area (Å²) in [6.45, 7) is 1.70. The van der Waals surface area contributed by atoms with Crippen molar-refractivity contribution < 1.29 is 14.2 Å². The lowest BCUT2D eigenvalue weighted by molar-refractivity contribution is 0.217. The molecule has 0 aliphatic rings. The number of anilines is 1. The molecule has 0 unspecified atom stereocenters. The van der Waals surface area contributed by atoms with Crippen LogP contribution in [0.4, 0.5) is 5.69 Å². The van der Waals surface area contributed by atoms with E-state index >= 15 is 0 Å². The number of nitrogens with one attached hydrogen (secondary N) is 1. The predicted octanol–water partition coefficient (Wildman–Crippen LogP) is 5.42. The fourth-order valence-corrected chi connectivity index (χ4v) is 2.78. The Bertz CT molecular complexity index is 838. The van der Waals surface area contributed by atoms with Gasteiger partial charge in [0.1, 0.15) is 30.5 Å². The van der Waals surface area contributed by atoms with E-state index in [1.807, 2.05) is 72.8 Å². The third-order valence-electron chi connectivity index (χ3n) is 3.94. The molecule has 0 radical (unpaired) electrons. The molecule has 4 nitrogen and oxygen atoms in total. The van der Waals surface area contributed by atoms with E-state index in [4.69, 9.17) is 25.8 Å². The Morgan fingerprint density at radius 3 is 2.11 bits per heavy atom. The molecule has 0 saturated carbocycles. The van der Waals surface area contributed by atoms with Crippen molar-refractivity contribution in [3.05, 3.63) is 83.4 Å². The summed E-state index contributed by atoms with van der Waals surface area (Å²) >= 11 is 6.14. The molecule has 3 rings (SSSR count). The fourth-order valence-electron chi connectivity index (χ4n) is 2.52. The summed E-state index contributed by atoms with van der Waals surface area (Å²) in [4.78, 5) is 0. The summed E-state index contributed by atoms with van der Waals surface area (Å²) < 4.78 is 16.5. The molecule has 0 saturated heterocycles. The van der Waals surface area contributed by atoms with E-state index in [1.165, 1.54) is 0 Å². The average molecular weight is 384 g/mol. The van der Waals surface area contributed by atoms with Gasteiger partial charge in [-0.15, -0.1) is 0 Å². The Kier molecular flexibility index (Phi) is 6.83. The van der Waals surface area contributed by atoms with Crippen LogP contribution in [0.3, 0.4) is 0 Å². The molecule has 0 bridgehead atoms. The van der Waals surface area contributed by atoms with Gasteiger partial charge in [-0.3, -0.25) is 0 Å². The van der Waals surface area contributed by atoms with E-state index in [-0.39, 0.29) is 0 Å². The van der Waals surface area contributed by atoms with Crippen molar-refractivity contribution in [3.8, 4) is 17.2 Å². The molecule has 3 aromatic rings. The van der Waals surface area contributed by atoms with Crippen molar-refractivity contribution in [2.75, 3.05) is 25.6 Å². The SMILES string of the molecule is COc1ccc(NCc2ccc(OCCOc3ccccc3)cc2)cc1Cl. The van der Waals surface area contributed by atoms with E-state index in [0.29, 0.717) is 30.5 Å². The lowest BCUT2D eigenvalue weighted by Crippen LogP contribution is -2.09. The zero-order valence-electron chi connectivity index (χ0n) is 15.2. The molecule has 0 heterocycles. The Balaban J connectivity index is 1.42. The normalized spacial score (nSPS) is 10.3. The molecule has 140 valence electrons.